The van der Waals surface area contributed by atoms with E-state index in [4.69, 9.17) is 4.74 Å². The number of hydrogen-bond acceptors (Lipinski definition) is 4. The predicted octanol–water partition coefficient (Wildman–Crippen LogP) is 2.21. The van der Waals surface area contributed by atoms with Crippen LogP contribution in [0.2, 0.25) is 0 Å². The van der Waals surface area contributed by atoms with Gasteiger partial charge >= 0.3 is 0 Å². The molecule has 1 heterocycles. The average molecular weight is 286 g/mol. The second-order valence-corrected chi connectivity index (χ2v) is 4.70. The van der Waals surface area contributed by atoms with Crippen LogP contribution >= 0.6 is 0 Å². The predicted molar refractivity (Wildman–Crippen MR) is 80.2 cm³/mol. The van der Waals surface area contributed by atoms with E-state index < -0.39 is 0 Å². The molecule has 1 aromatic carbocycles. The van der Waals surface area contributed by atoms with Crippen LogP contribution in [0.1, 0.15) is 16.7 Å². The maximum atomic E-state index is 11.9. The molecule has 5 heteroatoms. The Morgan fingerprint density at radius 3 is 2.86 bits per heavy atom. The van der Waals surface area contributed by atoms with Gasteiger partial charge in [-0.25, -0.2) is 4.98 Å². The normalized spacial score (nSPS) is 10.2. The summed E-state index contributed by atoms with van der Waals surface area (Å²) in [7, 11) is 0. The number of ether oxygens (including phenoxy) is 1. The minimum absolute atomic E-state index is 0.105. The number of anilines is 1. The molecule has 0 spiro atoms. The van der Waals surface area contributed by atoms with Crippen LogP contribution in [0.3, 0.4) is 0 Å². The van der Waals surface area contributed by atoms with Crippen molar-refractivity contribution in [3.05, 3.63) is 53.2 Å². The van der Waals surface area contributed by atoms with Crippen molar-refractivity contribution in [1.82, 2.24) is 4.98 Å². The molecule has 0 aliphatic rings. The third kappa shape index (κ3) is 3.79. The van der Waals surface area contributed by atoms with Crippen LogP contribution in [-0.4, -0.2) is 22.6 Å². The smallest absolute Gasteiger partial charge is 0.263 e. The van der Waals surface area contributed by atoms with Crippen molar-refractivity contribution in [3.63, 3.8) is 0 Å². The van der Waals surface area contributed by atoms with E-state index in [0.29, 0.717) is 17.1 Å². The summed E-state index contributed by atoms with van der Waals surface area (Å²) in [6, 6.07) is 9.11. The average Bonchev–Trinajstić information content (AvgIpc) is 2.49. The van der Waals surface area contributed by atoms with Crippen molar-refractivity contribution >= 4 is 11.7 Å². The highest BCUT2D eigenvalue weighted by atomic mass is 16.5. The van der Waals surface area contributed by atoms with E-state index in [2.05, 4.69) is 10.3 Å². The number of aryl methyl sites for hydroxylation is 1. The molecule has 0 radical (unpaired) electrons. The van der Waals surface area contributed by atoms with Crippen LogP contribution in [0.4, 0.5) is 5.82 Å². The summed E-state index contributed by atoms with van der Waals surface area (Å²) in [6.45, 7) is 3.65. The zero-order valence-electron chi connectivity index (χ0n) is 12.1. The van der Waals surface area contributed by atoms with Gasteiger partial charge in [0.2, 0.25) is 0 Å². The molecule has 2 rings (SSSR count). The van der Waals surface area contributed by atoms with E-state index in [-0.39, 0.29) is 19.1 Å². The summed E-state index contributed by atoms with van der Waals surface area (Å²) in [5, 5.41) is 11.8. The van der Waals surface area contributed by atoms with Crippen LogP contribution in [-0.2, 0) is 11.4 Å². The molecule has 0 aliphatic carbocycles. The first kappa shape index (κ1) is 15.0. The Morgan fingerprint density at radius 1 is 1.29 bits per heavy atom. The summed E-state index contributed by atoms with van der Waals surface area (Å²) >= 11 is 0. The second-order valence-electron chi connectivity index (χ2n) is 4.70. The monoisotopic (exact) mass is 286 g/mol. The number of nitrogens with one attached hydrogen (secondary N) is 1. The van der Waals surface area contributed by atoms with Gasteiger partial charge in [0, 0.05) is 11.8 Å². The molecule has 0 atom stereocenters. The molecular weight excluding hydrogens is 268 g/mol. The molecule has 0 saturated heterocycles. The van der Waals surface area contributed by atoms with Gasteiger partial charge in [0.1, 0.15) is 11.6 Å². The first-order valence-corrected chi connectivity index (χ1v) is 6.65. The lowest BCUT2D eigenvalue weighted by molar-refractivity contribution is -0.118. The number of aromatic nitrogens is 1. The maximum Gasteiger partial charge on any atom is 0.263 e. The molecule has 0 fully saturated rings. The Bertz CT molecular complexity index is 641. The zero-order valence-corrected chi connectivity index (χ0v) is 12.1. The number of aliphatic hydroxyl groups excluding tert-OH is 1. The van der Waals surface area contributed by atoms with Gasteiger partial charge < -0.3 is 15.2 Å². The fourth-order valence-corrected chi connectivity index (χ4v) is 1.87. The van der Waals surface area contributed by atoms with E-state index in [0.717, 1.165) is 11.1 Å². The molecule has 5 nitrogen and oxygen atoms in total. The van der Waals surface area contributed by atoms with Crippen LogP contribution < -0.4 is 10.1 Å². The van der Waals surface area contributed by atoms with E-state index in [1.54, 1.807) is 18.3 Å². The van der Waals surface area contributed by atoms with Gasteiger partial charge in [0.25, 0.3) is 5.91 Å². The highest BCUT2D eigenvalue weighted by Gasteiger charge is 2.09. The number of rotatable bonds is 5. The molecule has 2 N–H and O–H groups in total. The number of pyridine rings is 1. The van der Waals surface area contributed by atoms with Crippen LogP contribution in [0.15, 0.2) is 36.5 Å². The number of aliphatic hydroxyl groups is 1. The van der Waals surface area contributed by atoms with Gasteiger partial charge in [-0.3, -0.25) is 4.79 Å². The quantitative estimate of drug-likeness (QED) is 0.884. The minimum atomic E-state index is -0.315. The van der Waals surface area contributed by atoms with E-state index >= 15 is 0 Å². The fourth-order valence-electron chi connectivity index (χ4n) is 1.87. The number of benzene rings is 1. The molecule has 0 saturated carbocycles. The van der Waals surface area contributed by atoms with E-state index in [1.807, 2.05) is 32.0 Å². The van der Waals surface area contributed by atoms with Gasteiger partial charge in [-0.15, -0.1) is 0 Å². The Balaban J connectivity index is 1.98. The van der Waals surface area contributed by atoms with Gasteiger partial charge in [-0.1, -0.05) is 18.2 Å². The fraction of sp³-hybridized carbons (Fsp3) is 0.250. The minimum Gasteiger partial charge on any atom is -0.483 e. The van der Waals surface area contributed by atoms with Crippen molar-refractivity contribution < 1.29 is 14.6 Å². The lowest BCUT2D eigenvalue weighted by atomic mass is 10.1. The number of carbonyl (C=O) groups excluding carboxylic acids is 1. The Morgan fingerprint density at radius 2 is 2.10 bits per heavy atom. The van der Waals surface area contributed by atoms with Crippen LogP contribution in [0, 0.1) is 13.8 Å². The summed E-state index contributed by atoms with van der Waals surface area (Å²) in [4.78, 5) is 15.9. The van der Waals surface area contributed by atoms with E-state index in [9.17, 15) is 9.90 Å². The number of carbonyl (C=O) groups is 1. The summed E-state index contributed by atoms with van der Waals surface area (Å²) in [5.41, 5.74) is 2.69. The van der Waals surface area contributed by atoms with Gasteiger partial charge in [0.15, 0.2) is 6.61 Å². The number of amides is 1. The van der Waals surface area contributed by atoms with Crippen LogP contribution in [0.25, 0.3) is 0 Å². The first-order chi connectivity index (χ1) is 10.1. The number of nitrogens with zero attached hydrogens (tertiary/aromatic N) is 1. The molecule has 21 heavy (non-hydrogen) atoms. The molecule has 110 valence electrons. The molecule has 1 aromatic heterocycles. The van der Waals surface area contributed by atoms with Crippen molar-refractivity contribution in [2.45, 2.75) is 20.5 Å². The van der Waals surface area contributed by atoms with Gasteiger partial charge in [0.05, 0.1) is 6.61 Å². The van der Waals surface area contributed by atoms with E-state index in [1.165, 1.54) is 0 Å². The molecule has 0 bridgehead atoms. The topological polar surface area (TPSA) is 71.5 Å². The Hall–Kier alpha value is -2.40. The third-order valence-corrected chi connectivity index (χ3v) is 3.23. The first-order valence-electron chi connectivity index (χ1n) is 6.65. The van der Waals surface area contributed by atoms with Crippen molar-refractivity contribution in [1.29, 1.82) is 0 Å². The molecule has 2 aromatic rings. The second kappa shape index (κ2) is 6.85. The molecular formula is C16H18N2O3. The summed E-state index contributed by atoms with van der Waals surface area (Å²) in [5.74, 6) is 0.729. The van der Waals surface area contributed by atoms with Gasteiger partial charge in [-0.05, 0) is 37.1 Å². The highest BCUT2D eigenvalue weighted by Crippen LogP contribution is 2.20. The van der Waals surface area contributed by atoms with Crippen molar-refractivity contribution in [2.75, 3.05) is 11.9 Å². The maximum absolute atomic E-state index is 11.9. The highest BCUT2D eigenvalue weighted by molar-refractivity contribution is 5.91. The SMILES string of the molecule is Cc1cccc(OCC(=O)Nc2ncccc2CO)c1C. The largest absolute Gasteiger partial charge is 0.483 e. The zero-order chi connectivity index (χ0) is 15.2. The lowest BCUT2D eigenvalue weighted by Gasteiger charge is -2.11. The Kier molecular flexibility index (Phi) is 4.90. The summed E-state index contributed by atoms with van der Waals surface area (Å²) < 4.78 is 5.52. The molecule has 0 unspecified atom stereocenters. The molecule has 1 amide bonds. The third-order valence-electron chi connectivity index (χ3n) is 3.23. The van der Waals surface area contributed by atoms with Crippen LogP contribution in [0.5, 0.6) is 5.75 Å². The number of hydrogen-bond donors (Lipinski definition) is 2. The molecule has 0 aliphatic heterocycles. The lowest BCUT2D eigenvalue weighted by Crippen LogP contribution is -2.21. The summed E-state index contributed by atoms with van der Waals surface area (Å²) in [6.07, 6.45) is 1.56. The van der Waals surface area contributed by atoms with Gasteiger partial charge in [-0.2, -0.15) is 0 Å². The standard InChI is InChI=1S/C16H18N2O3/c1-11-5-3-7-14(12(11)2)21-10-15(20)18-16-13(9-19)6-4-8-17-16/h3-8,19H,9-10H2,1-2H3,(H,17,18,20). The Labute approximate surface area is 123 Å². The van der Waals surface area contributed by atoms with Crippen molar-refractivity contribution in [3.8, 4) is 5.75 Å². The van der Waals surface area contributed by atoms with Crippen molar-refractivity contribution in [2.24, 2.45) is 0 Å².